The van der Waals surface area contributed by atoms with Crippen LogP contribution in [0.2, 0.25) is 0 Å². The molecular weight excluding hydrogens is 1290 g/mol. The number of nitrogens with zero attached hydrogens (tertiary/aromatic N) is 12. The van der Waals surface area contributed by atoms with Crippen molar-refractivity contribution in [1.29, 1.82) is 0 Å². The summed E-state index contributed by atoms with van der Waals surface area (Å²) in [6, 6.07) is 6.53. The summed E-state index contributed by atoms with van der Waals surface area (Å²) >= 11 is 4.98. The average Bonchev–Trinajstić information content (AvgIpc) is 1.60. The van der Waals surface area contributed by atoms with E-state index in [2.05, 4.69) is 66.5 Å². The first kappa shape index (κ1) is 78.5. The Morgan fingerprint density at radius 1 is 0.649 bits per heavy atom. The van der Waals surface area contributed by atoms with Gasteiger partial charge in [-0.3, -0.25) is 78.9 Å². The van der Waals surface area contributed by atoms with Crippen LogP contribution in [-0.4, -0.2) is 241 Å². The van der Waals surface area contributed by atoms with Crippen LogP contribution in [0.15, 0.2) is 63.6 Å². The molecule has 5 aromatic heterocycles. The predicted molar refractivity (Wildman–Crippen MR) is 361 cm³/mol. The molecule has 0 aliphatic carbocycles. The van der Waals surface area contributed by atoms with Gasteiger partial charge >= 0.3 is 11.6 Å². The number of likely N-dealkylation sites (N-methyl/N-ethyl adjacent to an activating group) is 4. The minimum atomic E-state index is -0.639. The Kier molecular flexibility index (Phi) is 32.2. The van der Waals surface area contributed by atoms with Gasteiger partial charge in [-0.15, -0.1) is 0 Å². The number of aromatic nitrogens is 10. The fourth-order valence-corrected chi connectivity index (χ4v) is 8.88. The summed E-state index contributed by atoms with van der Waals surface area (Å²) in [6.07, 6.45) is 5.50. The maximum atomic E-state index is 12.7. The lowest BCUT2D eigenvalue weighted by molar-refractivity contribution is -0.461. The van der Waals surface area contributed by atoms with E-state index in [0.717, 1.165) is 4.57 Å². The number of hydrogen-bond acceptors (Lipinski definition) is 27. The number of carbonyl (C=O) groups excluding carboxylic acids is 8. The van der Waals surface area contributed by atoms with E-state index in [9.17, 15) is 52.7 Å². The number of rotatable bonds is 32. The van der Waals surface area contributed by atoms with E-state index in [1.807, 2.05) is 0 Å². The highest BCUT2D eigenvalue weighted by Gasteiger charge is 2.26. The zero-order valence-corrected chi connectivity index (χ0v) is 56.1. The van der Waals surface area contributed by atoms with Gasteiger partial charge in [-0.05, 0) is 80.2 Å². The first-order valence-corrected chi connectivity index (χ1v) is 30.5. The molecule has 39 heteroatoms. The number of para-hydroxylation sites is 1. The Morgan fingerprint density at radius 2 is 1.16 bits per heavy atom. The Morgan fingerprint density at radius 3 is 1.66 bits per heavy atom. The highest BCUT2D eigenvalue weighted by Crippen LogP contribution is 2.45. The van der Waals surface area contributed by atoms with E-state index >= 15 is 0 Å². The molecule has 6 heterocycles. The minimum Gasteiger partial charge on any atom is -0.488 e. The van der Waals surface area contributed by atoms with Crippen LogP contribution in [0, 0.1) is 4.77 Å². The van der Waals surface area contributed by atoms with Crippen molar-refractivity contribution in [2.24, 2.45) is 11.5 Å². The number of ketones is 4. The van der Waals surface area contributed by atoms with Crippen LogP contribution in [0.4, 0.5) is 29.2 Å². The molecule has 0 atom stereocenters. The molecule has 526 valence electrons. The molecule has 0 bridgehead atoms. The predicted octanol–water partition coefficient (Wildman–Crippen LogP) is -5.84. The van der Waals surface area contributed by atoms with Crippen molar-refractivity contribution in [3.05, 3.63) is 90.7 Å². The number of Topliss-reactive ketones (excluding diaryl/α,β-unsaturated/α-hetero) is 4. The number of benzene rings is 1. The van der Waals surface area contributed by atoms with Crippen molar-refractivity contribution in [3.63, 3.8) is 0 Å². The SMILES string of the molecule is CNCCN(CC(C)=O)C(=O)Cc1cnc(N)[nH]c1=O.CNCCN(CC(C)=O)C(=O)Cn1cc2c(nc1=O)Nc1c(OCC[NH+]=C(N)N)cccc1O2.CNCCN(CC(C)=O)C(=O)Cn1ccc(=O)[nH]c1=S.CNCCN(CC(C)=O)C(=O)Cn1cnc2c(N)nc(N)nc21. The van der Waals surface area contributed by atoms with Gasteiger partial charge in [0.25, 0.3) is 11.1 Å². The van der Waals surface area contributed by atoms with Crippen molar-refractivity contribution >= 4 is 105 Å². The molecular formula is C58H86N25O13S+. The van der Waals surface area contributed by atoms with E-state index in [0.29, 0.717) is 87.3 Å². The van der Waals surface area contributed by atoms with E-state index in [4.69, 9.17) is 50.4 Å². The van der Waals surface area contributed by atoms with Gasteiger partial charge in [0.1, 0.15) is 66.3 Å². The molecule has 0 saturated heterocycles. The standard InChI is InChI=1S/C21H28N8O5.C13H20N8O2.C12H19N5O3.C12H18N4O3S/c1-13(30)10-28(8-6-24-2)17(31)12-29-11-16-19(27-21(29)32)26-18-14(4-3-5-15(18)34-16)33-9-7-25-20(22)23;1-8(22)5-20(4-3-16-2)9(23)6-21-7-17-10-11(14)18-13(15)19-12(10)21;1-8(18)7-17(4-3-14-2)10(19)5-9-6-15-12(13)16-11(9)20;1-9(17)7-15(6-4-13-2)11(19)8-16-5-3-10(18)14-12(16)20/h3-5,11,24H,6-10,12H2,1-2H3,(H4,22,23,25)(H,26,27,32);7,16H,3-6H2,1-2H3,(H4,14,15,18,19);6,14H,3-5,7H2,1-2H3,(H3,13,15,16,20);3,5,13H,4,6-8H2,1-2H3,(H,14,18,20)/p+1. The molecule has 0 spiro atoms. The number of aromatic amines is 2. The number of imidazole rings is 1. The summed E-state index contributed by atoms with van der Waals surface area (Å²) in [4.78, 5) is 163. The number of nitrogens with two attached hydrogens (primary N) is 5. The second-order valence-electron chi connectivity index (χ2n) is 21.5. The van der Waals surface area contributed by atoms with Crippen molar-refractivity contribution in [3.8, 4) is 17.2 Å². The molecule has 1 aliphatic rings. The van der Waals surface area contributed by atoms with Crippen LogP contribution in [-0.2, 0) is 64.4 Å². The Hall–Kier alpha value is -10.9. The van der Waals surface area contributed by atoms with Crippen molar-refractivity contribution in [2.45, 2.75) is 53.8 Å². The smallest absolute Gasteiger partial charge is 0.350 e. The molecule has 1 aromatic carbocycles. The molecule has 18 N–H and O–H groups in total. The van der Waals surface area contributed by atoms with Gasteiger partial charge in [0.2, 0.25) is 29.6 Å². The first-order chi connectivity index (χ1) is 46.1. The summed E-state index contributed by atoms with van der Waals surface area (Å²) in [5, 5.41) is 14.8. The van der Waals surface area contributed by atoms with Crippen LogP contribution < -0.4 is 86.5 Å². The molecule has 4 amide bonds. The number of guanidine groups is 1. The fraction of sp³-hybridized carbons (Fsp3) is 0.448. The third-order valence-electron chi connectivity index (χ3n) is 13.2. The third kappa shape index (κ3) is 26.4. The molecule has 1 aliphatic heterocycles. The maximum absolute atomic E-state index is 12.7. The van der Waals surface area contributed by atoms with Crippen molar-refractivity contribution in [2.75, 3.05) is 142 Å². The summed E-state index contributed by atoms with van der Waals surface area (Å²) in [6.45, 7) is 10.1. The lowest BCUT2D eigenvalue weighted by atomic mass is 10.2. The summed E-state index contributed by atoms with van der Waals surface area (Å²) in [5.41, 5.74) is 27.5. The van der Waals surface area contributed by atoms with Gasteiger partial charge in [0.05, 0.1) is 51.7 Å². The Balaban J connectivity index is 0.000000283. The number of carbonyl (C=O) groups is 8. The Bertz CT molecular complexity index is 4000. The van der Waals surface area contributed by atoms with Crippen molar-refractivity contribution < 1.29 is 52.8 Å². The molecule has 0 radical (unpaired) electrons. The molecule has 97 heavy (non-hydrogen) atoms. The van der Waals surface area contributed by atoms with Crippen LogP contribution >= 0.6 is 12.2 Å². The number of H-pyrrole nitrogens is 2. The second kappa shape index (κ2) is 39.7. The normalized spacial score (nSPS) is 10.8. The minimum absolute atomic E-state index is 0.00183. The van der Waals surface area contributed by atoms with Crippen LogP contribution in [0.25, 0.3) is 11.2 Å². The quantitative estimate of drug-likeness (QED) is 0.00808. The average molecular weight is 1370 g/mol. The summed E-state index contributed by atoms with van der Waals surface area (Å²) in [7, 11) is 7.06. The summed E-state index contributed by atoms with van der Waals surface area (Å²) < 4.78 is 16.0. The van der Waals surface area contributed by atoms with Gasteiger partial charge in [0, 0.05) is 76.4 Å². The zero-order chi connectivity index (χ0) is 71.9. The van der Waals surface area contributed by atoms with E-state index in [1.54, 1.807) is 51.0 Å². The molecule has 0 fully saturated rings. The van der Waals surface area contributed by atoms with Crippen LogP contribution in [0.3, 0.4) is 0 Å². The topological polar surface area (TPSA) is 534 Å². The number of fused-ring (bicyclic) bond motifs is 3. The zero-order valence-electron chi connectivity index (χ0n) is 55.3. The van der Waals surface area contributed by atoms with Crippen molar-refractivity contribution in [1.82, 2.24) is 89.5 Å². The Labute approximate surface area is 561 Å². The summed E-state index contributed by atoms with van der Waals surface area (Å²) in [5.74, 6) is 0.162. The number of nitrogen functional groups attached to an aromatic ring is 3. The number of amides is 4. The largest absolute Gasteiger partial charge is 0.488 e. The highest BCUT2D eigenvalue weighted by atomic mass is 32.1. The lowest BCUT2D eigenvalue weighted by Crippen LogP contribution is -2.79. The molecule has 7 rings (SSSR count). The van der Waals surface area contributed by atoms with Crippen LogP contribution in [0.5, 0.6) is 17.2 Å². The third-order valence-corrected chi connectivity index (χ3v) is 13.6. The lowest BCUT2D eigenvalue weighted by Gasteiger charge is -2.24. The first-order valence-electron chi connectivity index (χ1n) is 30.1. The number of hydrogen-bond donors (Lipinski definition) is 13. The number of nitrogens with one attached hydrogen (secondary N) is 8. The maximum Gasteiger partial charge on any atom is 0.350 e. The van der Waals surface area contributed by atoms with E-state index < -0.39 is 11.2 Å². The fourth-order valence-electron chi connectivity index (χ4n) is 8.65. The van der Waals surface area contributed by atoms with Crippen LogP contribution in [0.1, 0.15) is 33.3 Å². The van der Waals surface area contributed by atoms with E-state index in [-0.39, 0.29) is 157 Å². The van der Waals surface area contributed by atoms with E-state index in [1.165, 1.54) is 82.8 Å². The van der Waals surface area contributed by atoms with Gasteiger partial charge in [-0.25, -0.2) is 14.8 Å². The molecule has 0 unspecified atom stereocenters. The second-order valence-corrected chi connectivity index (χ2v) is 21.9. The molecule has 6 aromatic rings. The number of ether oxygens (including phenoxy) is 2. The number of anilines is 5. The van der Waals surface area contributed by atoms with Gasteiger partial charge in [-0.2, -0.15) is 15.0 Å². The van der Waals surface area contributed by atoms with Gasteiger partial charge < -0.3 is 82.0 Å². The highest BCUT2D eigenvalue weighted by molar-refractivity contribution is 7.71. The van der Waals surface area contributed by atoms with Gasteiger partial charge in [0.15, 0.2) is 39.5 Å². The monoisotopic (exact) mass is 1370 g/mol. The molecule has 38 nitrogen and oxygen atoms in total. The molecule has 0 saturated carbocycles. The van der Waals surface area contributed by atoms with Gasteiger partial charge in [-0.1, -0.05) is 6.07 Å².